The molecule has 1 atom stereocenters. The molecular formula is C8H12F3NO3. The van der Waals surface area contributed by atoms with Crippen molar-refractivity contribution in [2.24, 2.45) is 5.92 Å². The summed E-state index contributed by atoms with van der Waals surface area (Å²) in [4.78, 5) is 21.9. The van der Waals surface area contributed by atoms with Crippen LogP contribution in [-0.2, 0) is 4.79 Å². The number of carbonyl (C=O) groups is 2. The molecule has 0 aliphatic heterocycles. The van der Waals surface area contributed by atoms with Crippen molar-refractivity contribution in [1.82, 2.24) is 4.90 Å². The van der Waals surface area contributed by atoms with Gasteiger partial charge < -0.3 is 5.11 Å². The number of hydrogen-bond acceptors (Lipinski definition) is 2. The summed E-state index contributed by atoms with van der Waals surface area (Å²) in [7, 11) is 0. The number of nitrogens with zero attached hydrogens (tertiary/aromatic N) is 1. The second-order valence-corrected chi connectivity index (χ2v) is 3.07. The van der Waals surface area contributed by atoms with Crippen molar-refractivity contribution in [1.29, 1.82) is 0 Å². The van der Waals surface area contributed by atoms with Crippen LogP contribution in [-0.4, -0.2) is 34.7 Å². The van der Waals surface area contributed by atoms with E-state index in [1.807, 2.05) is 0 Å². The number of carbonyl (C=O) groups excluding carboxylic acids is 1. The van der Waals surface area contributed by atoms with Crippen molar-refractivity contribution in [3.8, 4) is 0 Å². The maximum absolute atomic E-state index is 12.1. The van der Waals surface area contributed by atoms with Crippen LogP contribution in [0.3, 0.4) is 0 Å². The number of amides is 2. The van der Waals surface area contributed by atoms with Gasteiger partial charge in [0.2, 0.25) is 5.91 Å². The first kappa shape index (κ1) is 13.7. The van der Waals surface area contributed by atoms with Crippen molar-refractivity contribution in [3.63, 3.8) is 0 Å². The highest BCUT2D eigenvalue weighted by atomic mass is 19.4. The SMILES string of the molecule is CCN(C(=O)O)C(=O)C[C@@H](C)C(F)(F)F. The van der Waals surface area contributed by atoms with Crippen LogP contribution in [0.2, 0.25) is 0 Å². The minimum Gasteiger partial charge on any atom is -0.465 e. The fraction of sp³-hybridized carbons (Fsp3) is 0.750. The van der Waals surface area contributed by atoms with E-state index in [0.717, 1.165) is 6.92 Å². The second kappa shape index (κ2) is 4.99. The topological polar surface area (TPSA) is 57.6 Å². The Morgan fingerprint density at radius 3 is 2.13 bits per heavy atom. The number of imide groups is 1. The number of alkyl halides is 3. The van der Waals surface area contributed by atoms with Gasteiger partial charge in [0.05, 0.1) is 5.92 Å². The largest absolute Gasteiger partial charge is 0.465 e. The van der Waals surface area contributed by atoms with Crippen molar-refractivity contribution in [2.75, 3.05) is 6.54 Å². The van der Waals surface area contributed by atoms with Gasteiger partial charge in [-0.05, 0) is 6.92 Å². The summed E-state index contributed by atoms with van der Waals surface area (Å²) in [6.45, 7) is 2.07. The first-order valence-corrected chi connectivity index (χ1v) is 4.30. The van der Waals surface area contributed by atoms with E-state index < -0.39 is 30.5 Å². The third-order valence-corrected chi connectivity index (χ3v) is 1.89. The summed E-state index contributed by atoms with van der Waals surface area (Å²) in [5.74, 6) is -2.87. The van der Waals surface area contributed by atoms with Gasteiger partial charge in [0.15, 0.2) is 0 Å². The molecule has 0 heterocycles. The van der Waals surface area contributed by atoms with Crippen molar-refractivity contribution >= 4 is 12.0 Å². The van der Waals surface area contributed by atoms with Crippen LogP contribution in [0.15, 0.2) is 0 Å². The Hall–Kier alpha value is -1.27. The molecule has 15 heavy (non-hydrogen) atoms. The molecule has 0 saturated carbocycles. The number of hydrogen-bond donors (Lipinski definition) is 1. The lowest BCUT2D eigenvalue weighted by molar-refractivity contribution is -0.176. The fourth-order valence-corrected chi connectivity index (χ4v) is 0.906. The van der Waals surface area contributed by atoms with Crippen molar-refractivity contribution in [2.45, 2.75) is 26.4 Å². The smallest absolute Gasteiger partial charge is 0.414 e. The number of rotatable bonds is 3. The number of halogens is 3. The molecule has 0 unspecified atom stereocenters. The van der Waals surface area contributed by atoms with Gasteiger partial charge in [-0.25, -0.2) is 9.69 Å². The van der Waals surface area contributed by atoms with E-state index in [1.165, 1.54) is 6.92 Å². The summed E-state index contributed by atoms with van der Waals surface area (Å²) in [6, 6.07) is 0. The molecule has 1 N–H and O–H groups in total. The Labute approximate surface area is 84.7 Å². The molecule has 0 aromatic heterocycles. The molecule has 2 amide bonds. The predicted molar refractivity (Wildman–Crippen MR) is 45.2 cm³/mol. The van der Waals surface area contributed by atoms with Crippen LogP contribution in [0.4, 0.5) is 18.0 Å². The quantitative estimate of drug-likeness (QED) is 0.803. The zero-order chi connectivity index (χ0) is 12.2. The lowest BCUT2D eigenvalue weighted by atomic mass is 10.1. The van der Waals surface area contributed by atoms with Gasteiger partial charge in [0.1, 0.15) is 0 Å². The average molecular weight is 227 g/mol. The zero-order valence-corrected chi connectivity index (χ0v) is 8.34. The molecule has 0 aromatic carbocycles. The fourth-order valence-electron chi connectivity index (χ4n) is 0.906. The normalized spacial score (nSPS) is 13.4. The molecule has 0 aliphatic carbocycles. The molecule has 4 nitrogen and oxygen atoms in total. The van der Waals surface area contributed by atoms with Crippen LogP contribution in [0, 0.1) is 5.92 Å². The van der Waals surface area contributed by atoms with Gasteiger partial charge in [-0.2, -0.15) is 13.2 Å². The second-order valence-electron chi connectivity index (χ2n) is 3.07. The maximum atomic E-state index is 12.1. The van der Waals surface area contributed by atoms with Gasteiger partial charge in [-0.1, -0.05) is 6.92 Å². The van der Waals surface area contributed by atoms with E-state index in [1.54, 1.807) is 0 Å². The lowest BCUT2D eigenvalue weighted by Crippen LogP contribution is -2.38. The number of carboxylic acid groups (broad SMARTS) is 1. The average Bonchev–Trinajstić information content (AvgIpc) is 2.02. The standard InChI is InChI=1S/C8H12F3NO3/c1-3-12(7(14)15)6(13)4-5(2)8(9,10)11/h5H,3-4H2,1-2H3,(H,14,15)/t5-/m1/s1. The molecule has 0 spiro atoms. The molecule has 88 valence electrons. The van der Waals surface area contributed by atoms with E-state index in [0.29, 0.717) is 4.90 Å². The van der Waals surface area contributed by atoms with Crippen LogP contribution >= 0.6 is 0 Å². The molecule has 0 aliphatic rings. The minimum atomic E-state index is -4.48. The molecule has 0 radical (unpaired) electrons. The summed E-state index contributed by atoms with van der Waals surface area (Å²) >= 11 is 0. The summed E-state index contributed by atoms with van der Waals surface area (Å²) in [5.41, 5.74) is 0. The maximum Gasteiger partial charge on any atom is 0.414 e. The zero-order valence-electron chi connectivity index (χ0n) is 8.34. The Bertz CT molecular complexity index is 252. The predicted octanol–water partition coefficient (Wildman–Crippen LogP) is 2.10. The third-order valence-electron chi connectivity index (χ3n) is 1.89. The minimum absolute atomic E-state index is 0.154. The Morgan fingerprint density at radius 1 is 1.40 bits per heavy atom. The van der Waals surface area contributed by atoms with Crippen LogP contribution in [0.25, 0.3) is 0 Å². The van der Waals surface area contributed by atoms with Gasteiger partial charge >= 0.3 is 12.3 Å². The summed E-state index contributed by atoms with van der Waals surface area (Å²) in [5, 5.41) is 8.48. The molecule has 0 aromatic rings. The van der Waals surface area contributed by atoms with Crippen LogP contribution < -0.4 is 0 Å². The van der Waals surface area contributed by atoms with Gasteiger partial charge in [0.25, 0.3) is 0 Å². The Morgan fingerprint density at radius 2 is 1.87 bits per heavy atom. The molecule has 0 saturated heterocycles. The first-order chi connectivity index (χ1) is 6.70. The molecule has 0 bridgehead atoms. The summed E-state index contributed by atoms with van der Waals surface area (Å²) in [6.07, 6.45) is -6.85. The van der Waals surface area contributed by atoms with E-state index in [4.69, 9.17) is 5.11 Å². The van der Waals surface area contributed by atoms with Gasteiger partial charge in [0, 0.05) is 13.0 Å². The van der Waals surface area contributed by atoms with Crippen LogP contribution in [0.1, 0.15) is 20.3 Å². The summed E-state index contributed by atoms with van der Waals surface area (Å²) < 4.78 is 36.2. The van der Waals surface area contributed by atoms with Gasteiger partial charge in [-0.15, -0.1) is 0 Å². The van der Waals surface area contributed by atoms with E-state index in [-0.39, 0.29) is 6.54 Å². The molecule has 0 rings (SSSR count). The van der Waals surface area contributed by atoms with Crippen molar-refractivity contribution < 1.29 is 27.9 Å². The highest BCUT2D eigenvalue weighted by molar-refractivity contribution is 5.91. The highest BCUT2D eigenvalue weighted by Gasteiger charge is 2.38. The Balaban J connectivity index is 4.42. The van der Waals surface area contributed by atoms with E-state index >= 15 is 0 Å². The third kappa shape index (κ3) is 4.18. The van der Waals surface area contributed by atoms with Crippen LogP contribution in [0.5, 0.6) is 0 Å². The van der Waals surface area contributed by atoms with E-state index in [9.17, 15) is 22.8 Å². The van der Waals surface area contributed by atoms with E-state index in [2.05, 4.69) is 0 Å². The Kier molecular flexibility index (Phi) is 4.57. The molecule has 7 heteroatoms. The lowest BCUT2D eigenvalue weighted by Gasteiger charge is -2.19. The molecule has 0 fully saturated rings. The molecular weight excluding hydrogens is 215 g/mol. The first-order valence-electron chi connectivity index (χ1n) is 4.30. The monoisotopic (exact) mass is 227 g/mol. The van der Waals surface area contributed by atoms with Gasteiger partial charge in [-0.3, -0.25) is 4.79 Å². The highest BCUT2D eigenvalue weighted by Crippen LogP contribution is 2.28. The van der Waals surface area contributed by atoms with Crippen molar-refractivity contribution in [3.05, 3.63) is 0 Å².